The topological polar surface area (TPSA) is 90.1 Å². The minimum absolute atomic E-state index is 0.00184. The molecule has 0 fully saturated rings. The molecule has 88 valence electrons. The molecular weight excluding hydrogens is 228 g/mol. The van der Waals surface area contributed by atoms with Crippen LogP contribution in [0.3, 0.4) is 0 Å². The zero-order valence-electron chi connectivity index (χ0n) is 8.97. The van der Waals surface area contributed by atoms with E-state index in [1.807, 2.05) is 0 Å². The lowest BCUT2D eigenvalue weighted by Crippen LogP contribution is -2.18. The van der Waals surface area contributed by atoms with Gasteiger partial charge in [-0.3, -0.25) is 9.78 Å². The Morgan fingerprint density at radius 1 is 1.62 bits per heavy atom. The lowest BCUT2D eigenvalue weighted by Gasteiger charge is -2.04. The van der Waals surface area contributed by atoms with Crippen molar-refractivity contribution in [2.45, 2.75) is 5.03 Å². The summed E-state index contributed by atoms with van der Waals surface area (Å²) in [6.07, 6.45) is 3.12. The second-order valence-corrected chi connectivity index (χ2v) is 3.98. The number of nitrogens with two attached hydrogens (primary N) is 1. The van der Waals surface area contributed by atoms with Crippen LogP contribution in [0.5, 0.6) is 0 Å². The van der Waals surface area contributed by atoms with Crippen LogP contribution in [-0.4, -0.2) is 41.9 Å². The third kappa shape index (κ3) is 4.56. The molecule has 1 heterocycles. The molecule has 0 aliphatic rings. The molecule has 6 nitrogen and oxygen atoms in total. The molecule has 0 aromatic carbocycles. The average Bonchev–Trinajstić information content (AvgIpc) is 2.27. The van der Waals surface area contributed by atoms with E-state index >= 15 is 0 Å². The average molecular weight is 242 g/mol. The Bertz CT molecular complexity index is 348. The predicted molar refractivity (Wildman–Crippen MR) is 62.3 cm³/mol. The third-order valence-electron chi connectivity index (χ3n) is 1.52. The van der Waals surface area contributed by atoms with Gasteiger partial charge in [0.05, 0.1) is 12.4 Å². The maximum atomic E-state index is 11.2. The highest BCUT2D eigenvalue weighted by Gasteiger charge is 2.04. The van der Waals surface area contributed by atoms with Gasteiger partial charge in [-0.25, -0.2) is 4.98 Å². The standard InChI is InChI=1S/C9H14N4O2S/c1-15-6-8(14)12-7-4-11-5-9(13-7)16-3-2-10/h4-5H,2-3,6,10H2,1H3,(H,12,13,14). The molecule has 0 spiro atoms. The van der Waals surface area contributed by atoms with Gasteiger partial charge in [-0.1, -0.05) is 0 Å². The van der Waals surface area contributed by atoms with Crippen LogP contribution in [0.2, 0.25) is 0 Å². The number of anilines is 1. The first-order valence-electron chi connectivity index (χ1n) is 4.70. The summed E-state index contributed by atoms with van der Waals surface area (Å²) in [6.45, 7) is 0.578. The highest BCUT2D eigenvalue weighted by molar-refractivity contribution is 7.99. The minimum atomic E-state index is -0.252. The van der Waals surface area contributed by atoms with Crippen LogP contribution in [0, 0.1) is 0 Å². The van der Waals surface area contributed by atoms with Crippen molar-refractivity contribution in [3.63, 3.8) is 0 Å². The molecule has 16 heavy (non-hydrogen) atoms. The Morgan fingerprint density at radius 3 is 3.12 bits per heavy atom. The smallest absolute Gasteiger partial charge is 0.251 e. The number of carbonyl (C=O) groups is 1. The van der Waals surface area contributed by atoms with Crippen LogP contribution in [0.25, 0.3) is 0 Å². The Labute approximate surface area is 98.0 Å². The van der Waals surface area contributed by atoms with E-state index in [9.17, 15) is 4.79 Å². The number of methoxy groups -OCH3 is 1. The molecule has 0 aliphatic carbocycles. The quantitative estimate of drug-likeness (QED) is 0.688. The Kier molecular flexibility index (Phi) is 5.76. The van der Waals surface area contributed by atoms with Crippen LogP contribution in [0.15, 0.2) is 17.4 Å². The van der Waals surface area contributed by atoms with E-state index in [1.165, 1.54) is 25.1 Å². The zero-order chi connectivity index (χ0) is 11.8. The molecular formula is C9H14N4O2S. The number of thioether (sulfide) groups is 1. The molecule has 3 N–H and O–H groups in total. The lowest BCUT2D eigenvalue weighted by molar-refractivity contribution is -0.119. The number of ether oxygens (including phenoxy) is 1. The number of aromatic nitrogens is 2. The van der Waals surface area contributed by atoms with E-state index in [0.717, 1.165) is 10.8 Å². The van der Waals surface area contributed by atoms with Gasteiger partial charge in [0.2, 0.25) is 0 Å². The number of hydrogen-bond acceptors (Lipinski definition) is 6. The molecule has 0 unspecified atom stereocenters. The van der Waals surface area contributed by atoms with E-state index < -0.39 is 0 Å². The fraction of sp³-hybridized carbons (Fsp3) is 0.444. The van der Waals surface area contributed by atoms with Gasteiger partial charge in [0, 0.05) is 19.4 Å². The Morgan fingerprint density at radius 2 is 2.44 bits per heavy atom. The van der Waals surface area contributed by atoms with Crippen molar-refractivity contribution in [2.75, 3.05) is 31.3 Å². The van der Waals surface area contributed by atoms with Crippen LogP contribution in [0.4, 0.5) is 5.82 Å². The van der Waals surface area contributed by atoms with Gasteiger partial charge in [-0.05, 0) is 0 Å². The van der Waals surface area contributed by atoms with Crippen LogP contribution >= 0.6 is 11.8 Å². The molecule has 1 rings (SSSR count). The molecule has 0 saturated heterocycles. The summed E-state index contributed by atoms with van der Waals surface area (Å²) >= 11 is 1.49. The summed E-state index contributed by atoms with van der Waals surface area (Å²) in [4.78, 5) is 19.4. The highest BCUT2D eigenvalue weighted by atomic mass is 32.2. The van der Waals surface area contributed by atoms with Crippen LogP contribution in [-0.2, 0) is 9.53 Å². The molecule has 0 atom stereocenters. The second-order valence-electron chi connectivity index (χ2n) is 2.86. The van der Waals surface area contributed by atoms with Gasteiger partial charge in [0.15, 0.2) is 5.82 Å². The first-order valence-corrected chi connectivity index (χ1v) is 5.68. The van der Waals surface area contributed by atoms with Crippen molar-refractivity contribution in [1.82, 2.24) is 9.97 Å². The number of nitrogens with zero attached hydrogens (tertiary/aromatic N) is 2. The van der Waals surface area contributed by atoms with Gasteiger partial charge in [-0.15, -0.1) is 11.8 Å². The minimum Gasteiger partial charge on any atom is -0.375 e. The third-order valence-corrected chi connectivity index (χ3v) is 2.46. The fourth-order valence-corrected chi connectivity index (χ4v) is 1.58. The predicted octanol–water partition coefficient (Wildman–Crippen LogP) is 0.112. The summed E-state index contributed by atoms with van der Waals surface area (Å²) in [5.74, 6) is 0.936. The van der Waals surface area contributed by atoms with Crippen molar-refractivity contribution < 1.29 is 9.53 Å². The summed E-state index contributed by atoms with van der Waals surface area (Å²) < 4.78 is 4.69. The van der Waals surface area contributed by atoms with Gasteiger partial charge in [-0.2, -0.15) is 0 Å². The van der Waals surface area contributed by atoms with Gasteiger partial charge in [0.1, 0.15) is 11.6 Å². The lowest BCUT2D eigenvalue weighted by atomic mass is 10.6. The van der Waals surface area contributed by atoms with E-state index in [2.05, 4.69) is 20.0 Å². The van der Waals surface area contributed by atoms with E-state index in [-0.39, 0.29) is 12.5 Å². The molecule has 7 heteroatoms. The van der Waals surface area contributed by atoms with E-state index in [1.54, 1.807) is 6.20 Å². The molecule has 0 radical (unpaired) electrons. The van der Waals surface area contributed by atoms with Crippen LogP contribution in [0.1, 0.15) is 0 Å². The number of hydrogen-bond donors (Lipinski definition) is 2. The van der Waals surface area contributed by atoms with Crippen molar-refractivity contribution in [3.8, 4) is 0 Å². The highest BCUT2D eigenvalue weighted by Crippen LogP contribution is 2.14. The van der Waals surface area contributed by atoms with E-state index in [0.29, 0.717) is 12.4 Å². The second kappa shape index (κ2) is 7.15. The molecule has 1 aromatic rings. The molecule has 1 amide bonds. The summed E-state index contributed by atoms with van der Waals surface area (Å²) in [5.41, 5.74) is 5.38. The molecule has 0 aliphatic heterocycles. The number of amides is 1. The maximum absolute atomic E-state index is 11.2. The zero-order valence-corrected chi connectivity index (χ0v) is 9.79. The van der Waals surface area contributed by atoms with Crippen molar-refractivity contribution in [2.24, 2.45) is 5.73 Å². The molecule has 0 bridgehead atoms. The normalized spacial score (nSPS) is 10.1. The number of carbonyl (C=O) groups excluding carboxylic acids is 1. The summed E-state index contributed by atoms with van der Waals surface area (Å²) in [6, 6.07) is 0. The fourth-order valence-electron chi connectivity index (χ4n) is 0.951. The maximum Gasteiger partial charge on any atom is 0.251 e. The monoisotopic (exact) mass is 242 g/mol. The largest absolute Gasteiger partial charge is 0.375 e. The Balaban J connectivity index is 2.56. The van der Waals surface area contributed by atoms with Gasteiger partial charge >= 0.3 is 0 Å². The van der Waals surface area contributed by atoms with Gasteiger partial charge in [0.25, 0.3) is 5.91 Å². The summed E-state index contributed by atoms with van der Waals surface area (Å²) in [5, 5.41) is 3.31. The first-order chi connectivity index (χ1) is 7.76. The number of nitrogens with one attached hydrogen (secondary N) is 1. The van der Waals surface area contributed by atoms with Crippen molar-refractivity contribution >= 4 is 23.5 Å². The number of rotatable bonds is 6. The molecule has 0 saturated carbocycles. The first kappa shape index (κ1) is 12.9. The Hall–Kier alpha value is -1.18. The van der Waals surface area contributed by atoms with Crippen molar-refractivity contribution in [1.29, 1.82) is 0 Å². The van der Waals surface area contributed by atoms with Gasteiger partial charge < -0.3 is 15.8 Å². The molecule has 1 aromatic heterocycles. The SMILES string of the molecule is COCC(=O)Nc1cncc(SCCN)n1. The van der Waals surface area contributed by atoms with E-state index in [4.69, 9.17) is 5.73 Å². The van der Waals surface area contributed by atoms with Crippen molar-refractivity contribution in [3.05, 3.63) is 12.4 Å². The summed E-state index contributed by atoms with van der Waals surface area (Å²) in [7, 11) is 1.46. The van der Waals surface area contributed by atoms with Crippen LogP contribution < -0.4 is 11.1 Å².